The lowest BCUT2D eigenvalue weighted by Gasteiger charge is -2.42. The van der Waals surface area contributed by atoms with Crippen LogP contribution in [0.5, 0.6) is 0 Å². The van der Waals surface area contributed by atoms with Crippen LogP contribution in [0.2, 0.25) is 0 Å². The zero-order valence-corrected chi connectivity index (χ0v) is 18.3. The largest absolute Gasteiger partial charge is 0.339 e. The molecule has 156 valence electrons. The van der Waals surface area contributed by atoms with E-state index in [1.165, 1.54) is 36.7 Å². The molecule has 1 unspecified atom stereocenters. The SMILES string of the molecule is Cc1ccccc1-n1ccnc1SCC(=O)N1CCN(C2CCCN(C)C2)CC1. The smallest absolute Gasteiger partial charge is 0.233 e. The summed E-state index contributed by atoms with van der Waals surface area (Å²) in [5.41, 5.74) is 2.31. The molecule has 29 heavy (non-hydrogen) atoms. The predicted octanol–water partition coefficient (Wildman–Crippen LogP) is 2.51. The van der Waals surface area contributed by atoms with E-state index in [0.717, 1.165) is 43.6 Å². The van der Waals surface area contributed by atoms with Gasteiger partial charge in [-0.3, -0.25) is 14.3 Å². The van der Waals surface area contributed by atoms with E-state index in [2.05, 4.69) is 45.5 Å². The maximum Gasteiger partial charge on any atom is 0.233 e. The molecule has 0 bridgehead atoms. The first kappa shape index (κ1) is 20.4. The Morgan fingerprint density at radius 2 is 1.97 bits per heavy atom. The number of rotatable bonds is 5. The average molecular weight is 414 g/mol. The molecule has 0 N–H and O–H groups in total. The van der Waals surface area contributed by atoms with Gasteiger partial charge < -0.3 is 9.80 Å². The van der Waals surface area contributed by atoms with Crippen molar-refractivity contribution in [3.8, 4) is 5.69 Å². The van der Waals surface area contributed by atoms with E-state index in [1.54, 1.807) is 6.20 Å². The van der Waals surface area contributed by atoms with E-state index >= 15 is 0 Å². The lowest BCUT2D eigenvalue weighted by Crippen LogP contribution is -2.55. The number of para-hydroxylation sites is 1. The number of thioether (sulfide) groups is 1. The number of aromatic nitrogens is 2. The number of amides is 1. The molecular formula is C22H31N5OS. The lowest BCUT2D eigenvalue weighted by molar-refractivity contribution is -0.130. The van der Waals surface area contributed by atoms with Gasteiger partial charge in [-0.15, -0.1) is 0 Å². The van der Waals surface area contributed by atoms with Gasteiger partial charge >= 0.3 is 0 Å². The third kappa shape index (κ3) is 4.85. The van der Waals surface area contributed by atoms with Crippen LogP contribution in [0.15, 0.2) is 41.8 Å². The van der Waals surface area contributed by atoms with Crippen LogP contribution in [0, 0.1) is 6.92 Å². The predicted molar refractivity (Wildman–Crippen MR) is 118 cm³/mol. The summed E-state index contributed by atoms with van der Waals surface area (Å²) in [4.78, 5) is 24.3. The van der Waals surface area contributed by atoms with Gasteiger partial charge in [0.1, 0.15) is 0 Å². The van der Waals surface area contributed by atoms with Crippen LogP contribution in [-0.2, 0) is 4.79 Å². The monoisotopic (exact) mass is 413 g/mol. The topological polar surface area (TPSA) is 44.6 Å². The van der Waals surface area contributed by atoms with E-state index in [9.17, 15) is 4.79 Å². The van der Waals surface area contributed by atoms with E-state index in [4.69, 9.17) is 0 Å². The van der Waals surface area contributed by atoms with Crippen LogP contribution < -0.4 is 0 Å². The van der Waals surface area contributed by atoms with Crippen molar-refractivity contribution in [3.63, 3.8) is 0 Å². The molecule has 0 aliphatic carbocycles. The van der Waals surface area contributed by atoms with Crippen LogP contribution in [0.3, 0.4) is 0 Å². The Bertz CT molecular complexity index is 830. The number of imidazole rings is 1. The minimum atomic E-state index is 0.217. The van der Waals surface area contributed by atoms with Crippen molar-refractivity contribution >= 4 is 17.7 Å². The third-order valence-electron chi connectivity index (χ3n) is 6.09. The summed E-state index contributed by atoms with van der Waals surface area (Å²) in [6.45, 7) is 8.13. The first-order chi connectivity index (χ1) is 14.1. The molecule has 0 saturated carbocycles. The molecule has 1 atom stereocenters. The molecule has 2 saturated heterocycles. The summed E-state index contributed by atoms with van der Waals surface area (Å²) < 4.78 is 2.07. The summed E-state index contributed by atoms with van der Waals surface area (Å²) in [6.07, 6.45) is 6.34. The van der Waals surface area contributed by atoms with E-state index in [-0.39, 0.29) is 5.91 Å². The molecule has 2 aliphatic heterocycles. The molecule has 3 heterocycles. The fourth-order valence-corrected chi connectivity index (χ4v) is 5.27. The minimum absolute atomic E-state index is 0.217. The maximum absolute atomic E-state index is 12.8. The van der Waals surface area contributed by atoms with Gasteiger partial charge in [-0.1, -0.05) is 30.0 Å². The molecule has 1 aromatic heterocycles. The highest BCUT2D eigenvalue weighted by Crippen LogP contribution is 2.23. The van der Waals surface area contributed by atoms with Crippen molar-refractivity contribution in [2.24, 2.45) is 0 Å². The van der Waals surface area contributed by atoms with Gasteiger partial charge in [0.2, 0.25) is 5.91 Å². The standard InChI is InChI=1S/C22H31N5OS/c1-18-6-3-4-8-20(18)27-11-9-23-22(27)29-17-21(28)26-14-12-25(13-15-26)19-7-5-10-24(2)16-19/h3-4,6,8-9,11,19H,5,7,10,12-17H2,1-2H3. The first-order valence-electron chi connectivity index (χ1n) is 10.5. The first-order valence-corrected chi connectivity index (χ1v) is 11.5. The molecule has 2 fully saturated rings. The summed E-state index contributed by atoms with van der Waals surface area (Å²) in [5, 5.41) is 0.872. The highest BCUT2D eigenvalue weighted by atomic mass is 32.2. The van der Waals surface area contributed by atoms with Crippen molar-refractivity contribution < 1.29 is 4.79 Å². The number of carbonyl (C=O) groups is 1. The van der Waals surface area contributed by atoms with E-state index in [0.29, 0.717) is 11.8 Å². The fourth-order valence-electron chi connectivity index (χ4n) is 4.40. The summed E-state index contributed by atoms with van der Waals surface area (Å²) >= 11 is 1.53. The zero-order chi connectivity index (χ0) is 20.2. The van der Waals surface area contributed by atoms with Gasteiger partial charge in [-0.05, 0) is 45.0 Å². The molecule has 7 heteroatoms. The lowest BCUT2D eigenvalue weighted by atomic mass is 10.0. The van der Waals surface area contributed by atoms with E-state index < -0.39 is 0 Å². The molecular weight excluding hydrogens is 382 g/mol. The number of likely N-dealkylation sites (N-methyl/N-ethyl adjacent to an activating group) is 1. The molecule has 1 aromatic carbocycles. The van der Waals surface area contributed by atoms with Crippen LogP contribution >= 0.6 is 11.8 Å². The van der Waals surface area contributed by atoms with Crippen molar-refractivity contribution in [2.45, 2.75) is 31.0 Å². The van der Waals surface area contributed by atoms with Crippen LogP contribution in [0.4, 0.5) is 0 Å². The summed E-state index contributed by atoms with van der Waals surface area (Å²) in [7, 11) is 2.21. The molecule has 0 radical (unpaired) electrons. The number of piperidine rings is 1. The summed E-state index contributed by atoms with van der Waals surface area (Å²) in [5.74, 6) is 0.657. The zero-order valence-electron chi connectivity index (χ0n) is 17.5. The highest BCUT2D eigenvalue weighted by molar-refractivity contribution is 7.99. The highest BCUT2D eigenvalue weighted by Gasteiger charge is 2.28. The van der Waals surface area contributed by atoms with Gasteiger partial charge in [0.15, 0.2) is 5.16 Å². The Balaban J connectivity index is 1.29. The molecule has 2 aliphatic rings. The second-order valence-corrected chi connectivity index (χ2v) is 9.07. The normalized spacial score (nSPS) is 21.4. The second kappa shape index (κ2) is 9.32. The van der Waals surface area contributed by atoms with Crippen molar-refractivity contribution in [1.29, 1.82) is 0 Å². The Hall–Kier alpha value is -1.83. The van der Waals surface area contributed by atoms with Gasteiger partial charge in [-0.25, -0.2) is 4.98 Å². The Kier molecular flexibility index (Phi) is 6.57. The Morgan fingerprint density at radius 1 is 1.17 bits per heavy atom. The number of hydrogen-bond donors (Lipinski definition) is 0. The number of hydrogen-bond acceptors (Lipinski definition) is 5. The Morgan fingerprint density at radius 3 is 2.72 bits per heavy atom. The van der Waals surface area contributed by atoms with Crippen LogP contribution in [0.1, 0.15) is 18.4 Å². The Labute approximate surface area is 177 Å². The second-order valence-electron chi connectivity index (χ2n) is 8.13. The molecule has 6 nitrogen and oxygen atoms in total. The quantitative estimate of drug-likeness (QED) is 0.705. The molecule has 4 rings (SSSR count). The van der Waals surface area contributed by atoms with Gasteiger partial charge in [0.25, 0.3) is 0 Å². The molecule has 0 spiro atoms. The van der Waals surface area contributed by atoms with Crippen molar-refractivity contribution in [3.05, 3.63) is 42.2 Å². The minimum Gasteiger partial charge on any atom is -0.339 e. The fraction of sp³-hybridized carbons (Fsp3) is 0.545. The van der Waals surface area contributed by atoms with Gasteiger partial charge in [0.05, 0.1) is 11.4 Å². The third-order valence-corrected chi connectivity index (χ3v) is 7.04. The van der Waals surface area contributed by atoms with Crippen molar-refractivity contribution in [2.75, 3.05) is 52.1 Å². The van der Waals surface area contributed by atoms with Crippen molar-refractivity contribution in [1.82, 2.24) is 24.3 Å². The van der Waals surface area contributed by atoms with Gasteiger partial charge in [-0.2, -0.15) is 0 Å². The van der Waals surface area contributed by atoms with Gasteiger partial charge in [0, 0.05) is 51.2 Å². The number of carbonyl (C=O) groups excluding carboxylic acids is 1. The van der Waals surface area contributed by atoms with Crippen LogP contribution in [-0.4, -0.2) is 88.3 Å². The molecule has 2 aromatic rings. The number of likely N-dealkylation sites (tertiary alicyclic amines) is 1. The summed E-state index contributed by atoms with van der Waals surface area (Å²) in [6, 6.07) is 8.91. The molecule has 1 amide bonds. The number of nitrogens with zero attached hydrogens (tertiary/aromatic N) is 5. The van der Waals surface area contributed by atoms with Crippen LogP contribution in [0.25, 0.3) is 5.69 Å². The average Bonchev–Trinajstić information content (AvgIpc) is 3.21. The maximum atomic E-state index is 12.8. The number of aryl methyl sites for hydroxylation is 1. The number of piperazine rings is 1. The number of benzene rings is 1. The van der Waals surface area contributed by atoms with E-state index in [1.807, 2.05) is 23.2 Å².